The van der Waals surface area contributed by atoms with Gasteiger partial charge in [0.25, 0.3) is 0 Å². The van der Waals surface area contributed by atoms with Crippen LogP contribution >= 0.6 is 60.4 Å². The number of hydrogen-bond donors (Lipinski definition) is 2. The highest BCUT2D eigenvalue weighted by Crippen LogP contribution is 2.43. The molecule has 5 rings (SSSR count). The SMILES string of the molecule is CC(C)NCC(c1ccc(Cl)cc1)c1nsc2cc(-c3ncnc4c3[C@H](C)C[C@H]4O)ccc12.Cl.Cl.Cl. The molecule has 1 aliphatic carbocycles. The Morgan fingerprint density at radius 2 is 1.81 bits per heavy atom. The number of halogens is 4. The van der Waals surface area contributed by atoms with Gasteiger partial charge in [-0.2, -0.15) is 4.37 Å². The molecule has 0 saturated carbocycles. The van der Waals surface area contributed by atoms with Crippen molar-refractivity contribution in [3.05, 3.63) is 76.3 Å². The van der Waals surface area contributed by atoms with Gasteiger partial charge in [-0.25, -0.2) is 9.97 Å². The summed E-state index contributed by atoms with van der Waals surface area (Å²) in [6.07, 6.45) is 1.75. The van der Waals surface area contributed by atoms with Crippen molar-refractivity contribution in [2.24, 2.45) is 0 Å². The molecule has 4 aromatic rings. The highest BCUT2D eigenvalue weighted by molar-refractivity contribution is 7.13. The van der Waals surface area contributed by atoms with Crippen LogP contribution in [0.5, 0.6) is 0 Å². The lowest BCUT2D eigenvalue weighted by Gasteiger charge is -2.19. The molecule has 10 heteroatoms. The summed E-state index contributed by atoms with van der Waals surface area (Å²) < 4.78 is 6.03. The summed E-state index contributed by atoms with van der Waals surface area (Å²) in [6.45, 7) is 7.24. The first kappa shape index (κ1) is 30.7. The Labute approximate surface area is 239 Å². The first-order chi connectivity index (χ1) is 15.9. The van der Waals surface area contributed by atoms with Crippen LogP contribution in [-0.4, -0.2) is 32.0 Å². The van der Waals surface area contributed by atoms with Crippen LogP contribution in [0.25, 0.3) is 21.3 Å². The molecule has 0 saturated heterocycles. The summed E-state index contributed by atoms with van der Waals surface area (Å²) in [5.41, 5.74) is 6.06. The third-order valence-electron chi connectivity index (χ3n) is 6.41. The fourth-order valence-corrected chi connectivity index (χ4v) is 5.73. The van der Waals surface area contributed by atoms with Crippen molar-refractivity contribution >= 4 is 70.4 Å². The summed E-state index contributed by atoms with van der Waals surface area (Å²) in [6, 6.07) is 14.9. The topological polar surface area (TPSA) is 70.9 Å². The number of rotatable bonds is 6. The normalized spacial score (nSPS) is 17.2. The Morgan fingerprint density at radius 1 is 1.08 bits per heavy atom. The molecule has 1 aliphatic rings. The van der Waals surface area contributed by atoms with E-state index in [0.717, 1.165) is 49.9 Å². The molecule has 0 bridgehead atoms. The lowest BCUT2D eigenvalue weighted by molar-refractivity contribution is 0.170. The van der Waals surface area contributed by atoms with Gasteiger partial charge in [-0.05, 0) is 47.6 Å². The second-order valence-electron chi connectivity index (χ2n) is 9.12. The predicted octanol–water partition coefficient (Wildman–Crippen LogP) is 7.34. The summed E-state index contributed by atoms with van der Waals surface area (Å²) in [5, 5.41) is 15.8. The predicted molar refractivity (Wildman–Crippen MR) is 157 cm³/mol. The highest BCUT2D eigenvalue weighted by atomic mass is 35.5. The monoisotopic (exact) mass is 586 g/mol. The van der Waals surface area contributed by atoms with Crippen LogP contribution < -0.4 is 5.32 Å². The quantitative estimate of drug-likeness (QED) is 0.247. The minimum atomic E-state index is -0.510. The molecule has 0 fully saturated rings. The Balaban J connectivity index is 0.00000152. The van der Waals surface area contributed by atoms with Crippen LogP contribution in [0.4, 0.5) is 0 Å². The number of benzene rings is 2. The number of nitrogens with one attached hydrogen (secondary N) is 1. The molecule has 1 unspecified atom stereocenters. The molecule has 36 heavy (non-hydrogen) atoms. The summed E-state index contributed by atoms with van der Waals surface area (Å²) in [4.78, 5) is 8.95. The number of fused-ring (bicyclic) bond motifs is 2. The minimum absolute atomic E-state index is 0. The van der Waals surface area contributed by atoms with E-state index in [-0.39, 0.29) is 49.1 Å². The number of nitrogens with zero attached hydrogens (tertiary/aromatic N) is 3. The number of aliphatic hydroxyl groups is 1. The largest absolute Gasteiger partial charge is 0.387 e. The van der Waals surface area contributed by atoms with E-state index in [1.54, 1.807) is 6.33 Å². The molecule has 5 nitrogen and oxygen atoms in total. The average molecular weight is 588 g/mol. The zero-order valence-electron chi connectivity index (χ0n) is 20.1. The van der Waals surface area contributed by atoms with Gasteiger partial charge in [0.05, 0.1) is 27.9 Å². The molecule has 0 radical (unpaired) electrons. The van der Waals surface area contributed by atoms with Gasteiger partial charge in [0.15, 0.2) is 0 Å². The van der Waals surface area contributed by atoms with Crippen molar-refractivity contribution in [1.82, 2.24) is 19.7 Å². The van der Waals surface area contributed by atoms with Crippen LogP contribution in [0.3, 0.4) is 0 Å². The van der Waals surface area contributed by atoms with E-state index in [1.165, 1.54) is 17.1 Å². The second-order valence-corrected chi connectivity index (χ2v) is 10.4. The minimum Gasteiger partial charge on any atom is -0.387 e. The Bertz CT molecular complexity index is 1300. The Hall–Kier alpha value is -1.51. The lowest BCUT2D eigenvalue weighted by Crippen LogP contribution is -2.28. The van der Waals surface area contributed by atoms with Crippen molar-refractivity contribution in [1.29, 1.82) is 0 Å². The van der Waals surface area contributed by atoms with Gasteiger partial charge in [0, 0.05) is 40.0 Å². The van der Waals surface area contributed by atoms with Gasteiger partial charge >= 0.3 is 0 Å². The van der Waals surface area contributed by atoms with Crippen LogP contribution in [0.2, 0.25) is 5.02 Å². The maximum Gasteiger partial charge on any atom is 0.116 e. The van der Waals surface area contributed by atoms with E-state index in [9.17, 15) is 5.11 Å². The second kappa shape index (κ2) is 12.8. The first-order valence-corrected chi connectivity index (χ1v) is 12.5. The van der Waals surface area contributed by atoms with Crippen molar-refractivity contribution in [2.75, 3.05) is 6.54 Å². The molecular weight excluding hydrogens is 558 g/mol. The summed E-state index contributed by atoms with van der Waals surface area (Å²) >= 11 is 7.66. The van der Waals surface area contributed by atoms with E-state index in [4.69, 9.17) is 16.0 Å². The van der Waals surface area contributed by atoms with Gasteiger partial charge in [0.1, 0.15) is 6.33 Å². The molecule has 2 N–H and O–H groups in total. The lowest BCUT2D eigenvalue weighted by atomic mass is 9.92. The fourth-order valence-electron chi connectivity index (χ4n) is 4.73. The molecule has 194 valence electrons. The van der Waals surface area contributed by atoms with Crippen LogP contribution in [0.1, 0.15) is 67.6 Å². The third kappa shape index (κ3) is 5.97. The molecule has 2 heterocycles. The number of aliphatic hydroxyl groups excluding tert-OH is 1. The van der Waals surface area contributed by atoms with Gasteiger partial charge in [-0.3, -0.25) is 0 Å². The standard InChI is InChI=1S/C26H27ClN4OS.3ClH/c1-14(2)28-12-20(16-4-7-18(27)8-5-16)25-19-9-6-17(11-22(19)33-31-25)24-23-15(3)10-21(32)26(23)30-13-29-24;;;/h4-9,11,13-15,20-21,28,32H,10,12H2,1-3H3;3*1H/t15-,20?,21-;;;/m1.../s1. The van der Waals surface area contributed by atoms with Crippen LogP contribution in [0.15, 0.2) is 48.8 Å². The number of hydrogen-bond acceptors (Lipinski definition) is 6. The Kier molecular flexibility index (Phi) is 10.9. The summed E-state index contributed by atoms with van der Waals surface area (Å²) in [7, 11) is 0. The van der Waals surface area contributed by atoms with Gasteiger partial charge in [-0.1, -0.05) is 56.6 Å². The van der Waals surface area contributed by atoms with E-state index in [1.807, 2.05) is 12.1 Å². The molecule has 2 aromatic carbocycles. The smallest absolute Gasteiger partial charge is 0.116 e. The summed E-state index contributed by atoms with van der Waals surface area (Å²) in [5.74, 6) is 0.359. The van der Waals surface area contributed by atoms with Crippen LogP contribution in [0, 0.1) is 0 Å². The van der Waals surface area contributed by atoms with Crippen molar-refractivity contribution < 1.29 is 5.11 Å². The average Bonchev–Trinajstić information content (AvgIpc) is 3.35. The third-order valence-corrected chi connectivity index (χ3v) is 7.48. The fraction of sp³-hybridized carbons (Fsp3) is 0.346. The zero-order valence-corrected chi connectivity index (χ0v) is 24.2. The molecule has 0 aliphatic heterocycles. The highest BCUT2D eigenvalue weighted by Gasteiger charge is 2.31. The van der Waals surface area contributed by atoms with E-state index < -0.39 is 6.10 Å². The van der Waals surface area contributed by atoms with Gasteiger partial charge in [0.2, 0.25) is 0 Å². The van der Waals surface area contributed by atoms with Gasteiger partial charge < -0.3 is 10.4 Å². The maximum absolute atomic E-state index is 10.4. The molecular formula is C26H30Cl4N4OS. The molecule has 3 atom stereocenters. The van der Waals surface area contributed by atoms with Crippen LogP contribution in [-0.2, 0) is 0 Å². The van der Waals surface area contributed by atoms with Gasteiger partial charge in [-0.15, -0.1) is 37.2 Å². The van der Waals surface area contributed by atoms with E-state index in [0.29, 0.717) is 12.5 Å². The van der Waals surface area contributed by atoms with Crippen molar-refractivity contribution in [3.8, 4) is 11.3 Å². The number of aromatic nitrogens is 3. The first-order valence-electron chi connectivity index (χ1n) is 11.3. The van der Waals surface area contributed by atoms with Crippen molar-refractivity contribution in [2.45, 2.75) is 51.2 Å². The van der Waals surface area contributed by atoms with Crippen molar-refractivity contribution in [3.63, 3.8) is 0 Å². The van der Waals surface area contributed by atoms with E-state index >= 15 is 0 Å². The Morgan fingerprint density at radius 3 is 2.50 bits per heavy atom. The maximum atomic E-state index is 10.4. The zero-order chi connectivity index (χ0) is 23.1. The van der Waals surface area contributed by atoms with E-state index in [2.05, 4.69) is 66.4 Å². The molecule has 0 amide bonds. The molecule has 0 spiro atoms. The molecule has 2 aromatic heterocycles.